The first-order valence-electron chi connectivity index (χ1n) is 2.60. The lowest BCUT2D eigenvalue weighted by molar-refractivity contribution is 0.536. The van der Waals surface area contributed by atoms with Gasteiger partial charge in [0.15, 0.2) is 0 Å². The van der Waals surface area contributed by atoms with Crippen molar-refractivity contribution in [2.24, 2.45) is 0 Å². The lowest BCUT2D eigenvalue weighted by Gasteiger charge is -1.99. The van der Waals surface area contributed by atoms with Crippen molar-refractivity contribution in [3.8, 4) is 0 Å². The highest BCUT2D eigenvalue weighted by Crippen LogP contribution is 2.01. The molecule has 10 heavy (non-hydrogen) atoms. The molecule has 0 saturated carbocycles. The van der Waals surface area contributed by atoms with Crippen molar-refractivity contribution in [2.45, 2.75) is 6.42 Å². The van der Waals surface area contributed by atoms with Crippen molar-refractivity contribution in [1.29, 1.82) is 0 Å². The van der Waals surface area contributed by atoms with Crippen LogP contribution in [0.1, 0.15) is 5.01 Å². The minimum atomic E-state index is -1.96. The van der Waals surface area contributed by atoms with E-state index in [9.17, 15) is 8.76 Å². The SMILES string of the molecule is O=S([O-])CCc1nncs1. The van der Waals surface area contributed by atoms with Crippen LogP contribution in [0.2, 0.25) is 0 Å². The van der Waals surface area contributed by atoms with Gasteiger partial charge in [0.1, 0.15) is 10.5 Å². The molecule has 0 amide bonds. The highest BCUT2D eigenvalue weighted by atomic mass is 32.2. The van der Waals surface area contributed by atoms with Gasteiger partial charge in [-0.2, -0.15) is 0 Å². The van der Waals surface area contributed by atoms with E-state index in [-0.39, 0.29) is 5.75 Å². The third-order valence-electron chi connectivity index (χ3n) is 0.888. The molecule has 0 radical (unpaired) electrons. The predicted molar refractivity (Wildman–Crippen MR) is 37.4 cm³/mol. The van der Waals surface area contributed by atoms with E-state index in [1.54, 1.807) is 5.51 Å². The van der Waals surface area contributed by atoms with Gasteiger partial charge in [-0.15, -0.1) is 21.5 Å². The zero-order valence-electron chi connectivity index (χ0n) is 5.02. The molecule has 0 aromatic carbocycles. The maximum atomic E-state index is 10.1. The molecule has 1 rings (SSSR count). The minimum absolute atomic E-state index is 0.134. The third kappa shape index (κ3) is 2.51. The highest BCUT2D eigenvalue weighted by molar-refractivity contribution is 7.79. The van der Waals surface area contributed by atoms with Gasteiger partial charge in [0.05, 0.1) is 0 Å². The summed E-state index contributed by atoms with van der Waals surface area (Å²) in [5.74, 6) is 0.134. The van der Waals surface area contributed by atoms with Crippen molar-refractivity contribution < 1.29 is 8.76 Å². The number of aromatic nitrogens is 2. The first-order valence-corrected chi connectivity index (χ1v) is 4.72. The summed E-state index contributed by atoms with van der Waals surface area (Å²) in [6, 6.07) is 0. The minimum Gasteiger partial charge on any atom is -0.772 e. The van der Waals surface area contributed by atoms with Gasteiger partial charge in [0, 0.05) is 12.2 Å². The van der Waals surface area contributed by atoms with E-state index in [2.05, 4.69) is 10.2 Å². The summed E-state index contributed by atoms with van der Waals surface area (Å²) < 4.78 is 20.1. The van der Waals surface area contributed by atoms with Gasteiger partial charge in [-0.3, -0.25) is 4.21 Å². The van der Waals surface area contributed by atoms with Gasteiger partial charge in [-0.05, 0) is 0 Å². The Balaban J connectivity index is 2.35. The molecule has 56 valence electrons. The van der Waals surface area contributed by atoms with Crippen LogP contribution >= 0.6 is 11.3 Å². The lowest BCUT2D eigenvalue weighted by Crippen LogP contribution is -1.98. The van der Waals surface area contributed by atoms with Crippen LogP contribution in [0, 0.1) is 0 Å². The van der Waals surface area contributed by atoms with Gasteiger partial charge in [0.2, 0.25) is 0 Å². The molecule has 1 atom stereocenters. The molecule has 4 nitrogen and oxygen atoms in total. The van der Waals surface area contributed by atoms with E-state index in [0.29, 0.717) is 6.42 Å². The molecular formula is C4H5N2O2S2-. The zero-order valence-corrected chi connectivity index (χ0v) is 6.65. The fourth-order valence-electron chi connectivity index (χ4n) is 0.476. The molecule has 0 aliphatic rings. The van der Waals surface area contributed by atoms with Gasteiger partial charge >= 0.3 is 0 Å². The standard InChI is InChI=1S/C4H6N2O2S2/c7-10(8)2-1-4-6-5-3-9-4/h3H,1-2H2,(H,7,8)/p-1. The van der Waals surface area contributed by atoms with Crippen LogP contribution in [0.4, 0.5) is 0 Å². The smallest absolute Gasteiger partial charge is 0.118 e. The maximum Gasteiger partial charge on any atom is 0.118 e. The first kappa shape index (κ1) is 7.77. The quantitative estimate of drug-likeness (QED) is 0.608. The normalized spacial score (nSPS) is 13.3. The second-order valence-corrected chi connectivity index (χ2v) is 3.52. The summed E-state index contributed by atoms with van der Waals surface area (Å²) in [6.07, 6.45) is 0.473. The van der Waals surface area contributed by atoms with E-state index >= 15 is 0 Å². The largest absolute Gasteiger partial charge is 0.772 e. The van der Waals surface area contributed by atoms with Crippen molar-refractivity contribution in [3.05, 3.63) is 10.5 Å². The van der Waals surface area contributed by atoms with Gasteiger partial charge < -0.3 is 4.55 Å². The number of aryl methyl sites for hydroxylation is 1. The Hall–Kier alpha value is -0.330. The Morgan fingerprint density at radius 1 is 1.80 bits per heavy atom. The van der Waals surface area contributed by atoms with Crippen LogP contribution in [0.25, 0.3) is 0 Å². The molecule has 1 heterocycles. The van der Waals surface area contributed by atoms with Crippen molar-refractivity contribution in [2.75, 3.05) is 5.75 Å². The fourth-order valence-corrected chi connectivity index (χ4v) is 1.49. The molecule has 6 heteroatoms. The summed E-state index contributed by atoms with van der Waals surface area (Å²) in [4.78, 5) is 0. The first-order chi connectivity index (χ1) is 4.79. The topological polar surface area (TPSA) is 65.9 Å². The summed E-state index contributed by atoms with van der Waals surface area (Å²) in [5.41, 5.74) is 1.59. The molecule has 0 bridgehead atoms. The Morgan fingerprint density at radius 2 is 2.60 bits per heavy atom. The predicted octanol–water partition coefficient (Wildman–Crippen LogP) is -0.0403. The fraction of sp³-hybridized carbons (Fsp3) is 0.500. The van der Waals surface area contributed by atoms with Gasteiger partial charge in [-0.25, -0.2) is 0 Å². The Kier molecular flexibility index (Phi) is 2.91. The molecule has 0 fully saturated rings. The molecule has 0 spiro atoms. The van der Waals surface area contributed by atoms with Crippen molar-refractivity contribution >= 4 is 22.4 Å². The monoisotopic (exact) mass is 177 g/mol. The molecule has 1 aromatic rings. The molecule has 1 aromatic heterocycles. The van der Waals surface area contributed by atoms with E-state index < -0.39 is 11.1 Å². The molecule has 0 aliphatic carbocycles. The van der Waals surface area contributed by atoms with Crippen LogP contribution in [0.15, 0.2) is 5.51 Å². The second kappa shape index (κ2) is 3.75. The molecule has 0 saturated heterocycles. The number of hydrogen-bond donors (Lipinski definition) is 0. The zero-order chi connectivity index (χ0) is 7.40. The summed E-state index contributed by atoms with van der Waals surface area (Å²) in [7, 11) is 0. The van der Waals surface area contributed by atoms with E-state index in [4.69, 9.17) is 0 Å². The van der Waals surface area contributed by atoms with E-state index in [0.717, 1.165) is 5.01 Å². The Labute approximate surface area is 64.6 Å². The Bertz CT molecular complexity index is 211. The molecule has 1 unspecified atom stereocenters. The summed E-state index contributed by atoms with van der Waals surface area (Å²) in [5, 5.41) is 8.02. The third-order valence-corrected chi connectivity index (χ3v) is 2.18. The second-order valence-electron chi connectivity index (χ2n) is 1.59. The summed E-state index contributed by atoms with van der Waals surface area (Å²) in [6.45, 7) is 0. The van der Waals surface area contributed by atoms with Gasteiger partial charge in [0.25, 0.3) is 0 Å². The number of rotatable bonds is 3. The van der Waals surface area contributed by atoms with Gasteiger partial charge in [-0.1, -0.05) is 11.1 Å². The molecular weight excluding hydrogens is 172 g/mol. The molecule has 0 aliphatic heterocycles. The van der Waals surface area contributed by atoms with Crippen LogP contribution < -0.4 is 0 Å². The van der Waals surface area contributed by atoms with Crippen LogP contribution in [0.5, 0.6) is 0 Å². The van der Waals surface area contributed by atoms with Crippen LogP contribution in [0.3, 0.4) is 0 Å². The average molecular weight is 177 g/mol. The van der Waals surface area contributed by atoms with Crippen molar-refractivity contribution in [3.63, 3.8) is 0 Å². The van der Waals surface area contributed by atoms with Crippen molar-refractivity contribution in [1.82, 2.24) is 10.2 Å². The maximum absolute atomic E-state index is 10.1. The van der Waals surface area contributed by atoms with Crippen LogP contribution in [-0.4, -0.2) is 24.7 Å². The lowest BCUT2D eigenvalue weighted by atomic mass is 10.5. The highest BCUT2D eigenvalue weighted by Gasteiger charge is 1.94. The number of nitrogens with zero attached hydrogens (tertiary/aromatic N) is 2. The van der Waals surface area contributed by atoms with E-state index in [1.165, 1.54) is 11.3 Å². The summed E-state index contributed by atoms with van der Waals surface area (Å²) >= 11 is -0.592. The average Bonchev–Trinajstić information content (AvgIpc) is 2.34. The molecule has 0 N–H and O–H groups in total. The number of hydrogen-bond acceptors (Lipinski definition) is 5. The van der Waals surface area contributed by atoms with Crippen LogP contribution in [-0.2, 0) is 17.5 Å². The van der Waals surface area contributed by atoms with E-state index in [1.807, 2.05) is 0 Å². The Morgan fingerprint density at radius 3 is 3.10 bits per heavy atom.